The van der Waals surface area contributed by atoms with Crippen molar-refractivity contribution in [1.82, 2.24) is 9.47 Å². The molecule has 0 saturated carbocycles. The maximum absolute atomic E-state index is 12.5. The van der Waals surface area contributed by atoms with E-state index in [1.165, 1.54) is 17.7 Å². The van der Waals surface area contributed by atoms with E-state index in [0.29, 0.717) is 11.8 Å². The summed E-state index contributed by atoms with van der Waals surface area (Å²) in [4.78, 5) is 15.0. The van der Waals surface area contributed by atoms with Gasteiger partial charge in [-0.05, 0) is 30.4 Å². The number of piperidine rings is 1. The number of allylic oxidation sites excluding steroid dienone is 1. The van der Waals surface area contributed by atoms with Crippen LogP contribution in [-0.2, 0) is 6.54 Å². The topological polar surface area (TPSA) is 25.2 Å². The Bertz CT molecular complexity index is 780. The molecule has 3 heterocycles. The highest BCUT2D eigenvalue weighted by Crippen LogP contribution is 2.42. The Kier molecular flexibility index (Phi) is 4.11. The standard InChI is InChI=1S/C21H24N2O/c1-2-7-19-17-12-18(20-10-6-11-21(24)23(19)20)15-22(14-17)13-16-8-4-3-5-9-16/h2-6,8-11,17-19H,1,7,12-15H2/t17-,18+,19-/m0/s1. The van der Waals surface area contributed by atoms with Crippen LogP contribution in [0.2, 0.25) is 0 Å². The molecular weight excluding hydrogens is 296 g/mol. The number of rotatable bonds is 4. The second kappa shape index (κ2) is 6.40. The molecule has 0 aliphatic carbocycles. The van der Waals surface area contributed by atoms with Gasteiger partial charge in [0.25, 0.3) is 5.56 Å². The summed E-state index contributed by atoms with van der Waals surface area (Å²) in [5.41, 5.74) is 2.72. The molecule has 0 unspecified atom stereocenters. The summed E-state index contributed by atoms with van der Waals surface area (Å²) in [6.07, 6.45) is 4.02. The van der Waals surface area contributed by atoms with Gasteiger partial charge in [-0.15, -0.1) is 6.58 Å². The van der Waals surface area contributed by atoms with Gasteiger partial charge in [0.2, 0.25) is 0 Å². The molecule has 1 fully saturated rings. The molecule has 0 radical (unpaired) electrons. The van der Waals surface area contributed by atoms with E-state index in [0.717, 1.165) is 26.1 Å². The number of benzene rings is 1. The average molecular weight is 320 g/mol. The number of nitrogens with zero attached hydrogens (tertiary/aromatic N) is 2. The molecule has 2 aliphatic rings. The minimum atomic E-state index is 0.144. The fourth-order valence-corrected chi connectivity index (χ4v) is 4.58. The Morgan fingerprint density at radius 2 is 1.92 bits per heavy atom. The zero-order valence-electron chi connectivity index (χ0n) is 14.0. The quantitative estimate of drug-likeness (QED) is 0.805. The summed E-state index contributed by atoms with van der Waals surface area (Å²) < 4.78 is 2.06. The minimum absolute atomic E-state index is 0.144. The predicted molar refractivity (Wildman–Crippen MR) is 97.1 cm³/mol. The van der Waals surface area contributed by atoms with Crippen molar-refractivity contribution in [2.24, 2.45) is 5.92 Å². The Morgan fingerprint density at radius 3 is 2.71 bits per heavy atom. The molecule has 2 aliphatic heterocycles. The lowest BCUT2D eigenvalue weighted by Crippen LogP contribution is -2.49. The maximum atomic E-state index is 12.5. The largest absolute Gasteiger partial charge is 0.309 e. The lowest BCUT2D eigenvalue weighted by molar-refractivity contribution is 0.0863. The first-order valence-electron chi connectivity index (χ1n) is 8.85. The number of likely N-dealkylation sites (tertiary alicyclic amines) is 1. The van der Waals surface area contributed by atoms with Crippen LogP contribution in [0.1, 0.15) is 36.1 Å². The first kappa shape index (κ1) is 15.4. The Hall–Kier alpha value is -2.13. The molecule has 1 aromatic heterocycles. The molecule has 3 atom stereocenters. The van der Waals surface area contributed by atoms with Crippen LogP contribution < -0.4 is 5.56 Å². The second-order valence-electron chi connectivity index (χ2n) is 7.12. The van der Waals surface area contributed by atoms with Crippen LogP contribution in [0.3, 0.4) is 0 Å². The molecule has 0 spiro atoms. The first-order valence-corrected chi connectivity index (χ1v) is 8.85. The van der Waals surface area contributed by atoms with Crippen LogP contribution >= 0.6 is 0 Å². The predicted octanol–water partition coefficient (Wildman–Crippen LogP) is 3.58. The van der Waals surface area contributed by atoms with Crippen LogP contribution in [0, 0.1) is 5.92 Å². The molecular formula is C21H24N2O. The summed E-state index contributed by atoms with van der Waals surface area (Å²) in [5.74, 6) is 0.987. The van der Waals surface area contributed by atoms with Crippen LogP contribution in [0.15, 0.2) is 66.0 Å². The van der Waals surface area contributed by atoms with Gasteiger partial charge < -0.3 is 4.57 Å². The van der Waals surface area contributed by atoms with Crippen molar-refractivity contribution in [1.29, 1.82) is 0 Å². The van der Waals surface area contributed by atoms with Crippen molar-refractivity contribution in [2.75, 3.05) is 13.1 Å². The van der Waals surface area contributed by atoms with E-state index in [1.807, 2.05) is 12.1 Å². The molecule has 3 heteroatoms. The number of fused-ring (bicyclic) bond motifs is 4. The van der Waals surface area contributed by atoms with E-state index in [9.17, 15) is 4.79 Å². The van der Waals surface area contributed by atoms with E-state index in [-0.39, 0.29) is 11.6 Å². The Balaban J connectivity index is 1.66. The van der Waals surface area contributed by atoms with Crippen LogP contribution in [0.5, 0.6) is 0 Å². The number of hydrogen-bond acceptors (Lipinski definition) is 2. The van der Waals surface area contributed by atoms with Gasteiger partial charge in [0.05, 0.1) is 0 Å². The normalized spacial score (nSPS) is 25.9. The molecule has 1 saturated heterocycles. The van der Waals surface area contributed by atoms with E-state index < -0.39 is 0 Å². The van der Waals surface area contributed by atoms with E-state index in [1.54, 1.807) is 6.07 Å². The van der Waals surface area contributed by atoms with E-state index in [4.69, 9.17) is 0 Å². The maximum Gasteiger partial charge on any atom is 0.251 e. The van der Waals surface area contributed by atoms with Gasteiger partial charge >= 0.3 is 0 Å². The van der Waals surface area contributed by atoms with Crippen LogP contribution in [-0.4, -0.2) is 22.6 Å². The van der Waals surface area contributed by atoms with Crippen molar-refractivity contribution in [2.45, 2.75) is 31.3 Å². The lowest BCUT2D eigenvalue weighted by atomic mass is 9.77. The zero-order valence-corrected chi connectivity index (χ0v) is 14.0. The fraction of sp³-hybridized carbons (Fsp3) is 0.381. The van der Waals surface area contributed by atoms with Gasteiger partial charge in [-0.1, -0.05) is 42.5 Å². The van der Waals surface area contributed by atoms with Gasteiger partial charge in [0, 0.05) is 43.4 Å². The van der Waals surface area contributed by atoms with Gasteiger partial charge in [-0.25, -0.2) is 0 Å². The van der Waals surface area contributed by atoms with Crippen molar-refractivity contribution in [3.8, 4) is 0 Å². The first-order chi connectivity index (χ1) is 11.8. The molecule has 3 nitrogen and oxygen atoms in total. The fourth-order valence-electron chi connectivity index (χ4n) is 4.58. The second-order valence-corrected chi connectivity index (χ2v) is 7.12. The van der Waals surface area contributed by atoms with Crippen molar-refractivity contribution < 1.29 is 0 Å². The zero-order chi connectivity index (χ0) is 16.5. The molecule has 2 bridgehead atoms. The highest BCUT2D eigenvalue weighted by molar-refractivity contribution is 5.20. The SMILES string of the molecule is C=CC[C@H]1[C@H]2C[C@H](CN(Cc3ccccc3)C2)c2cccc(=O)n21. The highest BCUT2D eigenvalue weighted by Gasteiger charge is 2.39. The molecule has 24 heavy (non-hydrogen) atoms. The van der Waals surface area contributed by atoms with Crippen molar-refractivity contribution >= 4 is 0 Å². The third kappa shape index (κ3) is 2.73. The van der Waals surface area contributed by atoms with Gasteiger partial charge in [0.1, 0.15) is 0 Å². The monoisotopic (exact) mass is 320 g/mol. The molecule has 124 valence electrons. The molecule has 4 rings (SSSR count). The summed E-state index contributed by atoms with van der Waals surface area (Å²) >= 11 is 0. The third-order valence-electron chi connectivity index (χ3n) is 5.53. The minimum Gasteiger partial charge on any atom is -0.309 e. The summed E-state index contributed by atoms with van der Waals surface area (Å²) in [7, 11) is 0. The number of pyridine rings is 1. The third-order valence-corrected chi connectivity index (χ3v) is 5.53. The number of aromatic nitrogens is 1. The van der Waals surface area contributed by atoms with Crippen molar-refractivity contribution in [3.63, 3.8) is 0 Å². The highest BCUT2D eigenvalue weighted by atomic mass is 16.1. The average Bonchev–Trinajstić information content (AvgIpc) is 2.60. The summed E-state index contributed by atoms with van der Waals surface area (Å²) in [6.45, 7) is 7.01. The van der Waals surface area contributed by atoms with Gasteiger partial charge in [-0.2, -0.15) is 0 Å². The van der Waals surface area contributed by atoms with E-state index in [2.05, 4.69) is 52.4 Å². The molecule has 0 N–H and O–H groups in total. The molecule has 2 aromatic rings. The smallest absolute Gasteiger partial charge is 0.251 e. The molecule has 0 amide bonds. The van der Waals surface area contributed by atoms with Gasteiger partial charge in [0.15, 0.2) is 0 Å². The summed E-state index contributed by atoms with van der Waals surface area (Å²) in [5, 5.41) is 0. The van der Waals surface area contributed by atoms with Gasteiger partial charge in [-0.3, -0.25) is 9.69 Å². The van der Waals surface area contributed by atoms with Crippen LogP contribution in [0.4, 0.5) is 0 Å². The van der Waals surface area contributed by atoms with Crippen LogP contribution in [0.25, 0.3) is 0 Å². The lowest BCUT2D eigenvalue weighted by Gasteiger charge is -2.47. The summed E-state index contributed by atoms with van der Waals surface area (Å²) in [6, 6.07) is 16.7. The Labute approximate surface area is 143 Å². The Morgan fingerprint density at radius 1 is 1.08 bits per heavy atom. The molecule has 1 aromatic carbocycles. The van der Waals surface area contributed by atoms with E-state index >= 15 is 0 Å². The number of hydrogen-bond donors (Lipinski definition) is 0. The van der Waals surface area contributed by atoms with Crippen molar-refractivity contribution in [3.05, 3.63) is 82.8 Å².